The summed E-state index contributed by atoms with van der Waals surface area (Å²) in [6, 6.07) is 0. The zero-order valence-corrected chi connectivity index (χ0v) is 14.1. The maximum Gasteiger partial charge on any atom is -0.197 e. The molecule has 0 atom stereocenters. The van der Waals surface area contributed by atoms with Crippen LogP contribution in [0.25, 0.3) is 0 Å². The van der Waals surface area contributed by atoms with Crippen LogP contribution in [0.2, 0.25) is 0 Å². The molecule has 0 saturated heterocycles. The summed E-state index contributed by atoms with van der Waals surface area (Å²) in [6.45, 7) is 3.68. The van der Waals surface area contributed by atoms with Crippen molar-refractivity contribution >= 4 is 50.7 Å². The fraction of sp³-hybridized carbons (Fsp3) is 0.833. The van der Waals surface area contributed by atoms with Crippen molar-refractivity contribution in [2.24, 2.45) is 0 Å². The van der Waals surface area contributed by atoms with Crippen molar-refractivity contribution in [3.63, 3.8) is 0 Å². The molecule has 0 aliphatic heterocycles. The number of carbonyl (C=O) groups excluding carboxylic acids is 2. The van der Waals surface area contributed by atoms with Crippen LogP contribution >= 0.6 is 13.5 Å². The summed E-state index contributed by atoms with van der Waals surface area (Å²) in [5.74, 6) is 0. The Kier molecular flexibility index (Phi) is 28.8. The van der Waals surface area contributed by atoms with Gasteiger partial charge < -0.3 is 4.79 Å². The minimum absolute atomic E-state index is 0. The Morgan fingerprint density at radius 1 is 1.06 bits per heavy atom. The van der Waals surface area contributed by atoms with E-state index in [-0.39, 0.29) is 13.5 Å². The Morgan fingerprint density at radius 2 is 1.44 bits per heavy atom. The van der Waals surface area contributed by atoms with Crippen LogP contribution in [0.1, 0.15) is 65.2 Å². The maximum atomic E-state index is 10.6. The predicted octanol–water partition coefficient (Wildman–Crippen LogP) is 3.14. The Labute approximate surface area is 125 Å². The van der Waals surface area contributed by atoms with Gasteiger partial charge in [-0.15, -0.1) is 0 Å². The Balaban J connectivity index is -0.000000377. The minimum atomic E-state index is 0. The number of carbonyl (C=O) groups is 2. The van der Waals surface area contributed by atoms with Crippen molar-refractivity contribution in [3.05, 3.63) is 0 Å². The summed E-state index contributed by atoms with van der Waals surface area (Å²) in [7, 11) is 0. The molecular weight excluding hydrogens is 231 g/mol. The van der Waals surface area contributed by atoms with E-state index in [0.717, 1.165) is 47.1 Å². The number of hydrogen-bond acceptors (Lipinski definition) is 2. The molecule has 0 unspecified atom stereocenters. The van der Waals surface area contributed by atoms with E-state index in [4.69, 9.17) is 4.79 Å². The minimum Gasteiger partial charge on any atom is -0.197 e. The van der Waals surface area contributed by atoms with Crippen molar-refractivity contribution in [1.82, 2.24) is 0 Å². The van der Waals surface area contributed by atoms with Crippen LogP contribution in [0.3, 0.4) is 0 Å². The van der Waals surface area contributed by atoms with Crippen molar-refractivity contribution in [3.8, 4) is 0 Å². The van der Waals surface area contributed by atoms with Crippen LogP contribution in [0.15, 0.2) is 0 Å². The first-order valence-electron chi connectivity index (χ1n) is 6.08. The second-order valence-corrected chi connectivity index (χ2v) is 4.92. The molecule has 0 heterocycles. The first-order chi connectivity index (χ1) is 7.18. The third kappa shape index (κ3) is 29.3. The van der Waals surface area contributed by atoms with Crippen molar-refractivity contribution in [2.45, 2.75) is 65.2 Å². The Bertz CT molecular complexity index is 152. The van der Waals surface area contributed by atoms with E-state index >= 15 is 0 Å². The molecule has 0 aromatic heterocycles. The molecular formula is C12H25NaO2S. The second-order valence-electron chi connectivity index (χ2n) is 3.81. The van der Waals surface area contributed by atoms with Gasteiger partial charge in [0.05, 0.1) is 0 Å². The molecule has 0 aromatic carbocycles. The molecule has 0 fully saturated rings. The normalized spacial score (nSPS) is 8.50. The molecule has 92 valence electrons. The molecule has 0 radical (unpaired) electrons. The van der Waals surface area contributed by atoms with Gasteiger partial charge in [-0.3, -0.25) is 0 Å². The van der Waals surface area contributed by atoms with E-state index in [2.05, 4.69) is 6.92 Å². The van der Waals surface area contributed by atoms with Gasteiger partial charge in [-0.1, -0.05) is 0 Å². The van der Waals surface area contributed by atoms with Crippen LogP contribution in [-0.2, 0) is 9.59 Å². The molecule has 0 aromatic rings. The molecule has 2 nitrogen and oxygen atoms in total. The van der Waals surface area contributed by atoms with Gasteiger partial charge in [-0.05, 0) is 6.92 Å². The van der Waals surface area contributed by atoms with Crippen molar-refractivity contribution in [2.75, 3.05) is 0 Å². The fourth-order valence-electron chi connectivity index (χ4n) is 1.33. The van der Waals surface area contributed by atoms with Gasteiger partial charge in [-0.25, -0.2) is 0 Å². The Morgan fingerprint density at radius 3 is 1.81 bits per heavy atom. The van der Waals surface area contributed by atoms with E-state index in [9.17, 15) is 4.79 Å². The van der Waals surface area contributed by atoms with E-state index in [1.54, 1.807) is 0 Å². The van der Waals surface area contributed by atoms with Gasteiger partial charge >= 0.3 is 94.0 Å². The van der Waals surface area contributed by atoms with Crippen molar-refractivity contribution in [1.29, 1.82) is 0 Å². The summed E-state index contributed by atoms with van der Waals surface area (Å²) < 4.78 is 0.476. The van der Waals surface area contributed by atoms with Gasteiger partial charge in [-0.2, -0.15) is 13.5 Å². The zero-order valence-electron chi connectivity index (χ0n) is 11.1. The molecule has 0 aliphatic carbocycles. The molecule has 0 bridgehead atoms. The van der Waals surface area contributed by atoms with Crippen LogP contribution in [0.4, 0.5) is 0 Å². The van der Waals surface area contributed by atoms with Crippen LogP contribution in [0, 0.1) is 0 Å². The maximum absolute atomic E-state index is 10.6. The molecule has 0 amide bonds. The van der Waals surface area contributed by atoms with Gasteiger partial charge in [0.1, 0.15) is 6.29 Å². The molecule has 0 saturated carbocycles. The topological polar surface area (TPSA) is 34.1 Å². The molecule has 0 N–H and O–H groups in total. The smallest absolute Gasteiger partial charge is 0.197 e. The van der Waals surface area contributed by atoms with Gasteiger partial charge in [0.2, 0.25) is 0 Å². The monoisotopic (exact) mass is 256 g/mol. The van der Waals surface area contributed by atoms with E-state index in [1.807, 2.05) is 0 Å². The second kappa shape index (κ2) is 21.0. The van der Waals surface area contributed by atoms with Gasteiger partial charge in [0.25, 0.3) is 0 Å². The third-order valence-electron chi connectivity index (χ3n) is 2.13. The SMILES string of the molecule is CC=O.CCCCCCCCC[C](=O)[Na].S. The van der Waals surface area contributed by atoms with Gasteiger partial charge in [0, 0.05) is 0 Å². The molecule has 0 rings (SSSR count). The number of aldehydes is 1. The van der Waals surface area contributed by atoms with Crippen LogP contribution in [-0.4, -0.2) is 37.2 Å². The number of hydrogen-bond donors (Lipinski definition) is 0. The zero-order chi connectivity index (χ0) is 11.9. The summed E-state index contributed by atoms with van der Waals surface area (Å²) in [5, 5.41) is 0. The molecule has 16 heavy (non-hydrogen) atoms. The van der Waals surface area contributed by atoms with Gasteiger partial charge in [0.15, 0.2) is 0 Å². The fourth-order valence-corrected chi connectivity index (χ4v) is 1.68. The molecule has 0 aliphatic rings. The first kappa shape index (κ1) is 21.9. The van der Waals surface area contributed by atoms with E-state index < -0.39 is 0 Å². The quantitative estimate of drug-likeness (QED) is 0.380. The standard InChI is InChI=1S/C10H19O.C2H4O.Na.H2S/c1-2-3-4-5-6-7-8-9-10-11;1-2-3;;/h2-9H2,1H3;2H,1H3;;1H2. The largest absolute Gasteiger partial charge is 0.197 e. The van der Waals surface area contributed by atoms with Crippen LogP contribution < -0.4 is 0 Å². The predicted molar refractivity (Wildman–Crippen MR) is 75.5 cm³/mol. The molecule has 0 spiro atoms. The van der Waals surface area contributed by atoms with Crippen LogP contribution in [0.5, 0.6) is 0 Å². The first-order valence-corrected chi connectivity index (χ1v) is 7.08. The third-order valence-corrected chi connectivity index (χ3v) is 2.63. The number of unbranched alkanes of at least 4 members (excludes halogenated alkanes) is 6. The van der Waals surface area contributed by atoms with E-state index in [1.165, 1.54) is 45.4 Å². The molecule has 4 heteroatoms. The van der Waals surface area contributed by atoms with Crippen molar-refractivity contribution < 1.29 is 9.59 Å². The van der Waals surface area contributed by atoms with E-state index in [0.29, 0.717) is 3.03 Å². The Hall–Kier alpha value is 0.690. The summed E-state index contributed by atoms with van der Waals surface area (Å²) in [4.78, 5) is 19.4. The summed E-state index contributed by atoms with van der Waals surface area (Å²) in [5.41, 5.74) is 0. The average Bonchev–Trinajstić information content (AvgIpc) is 2.17. The summed E-state index contributed by atoms with van der Waals surface area (Å²) in [6.07, 6.45) is 10.8. The average molecular weight is 256 g/mol. The summed E-state index contributed by atoms with van der Waals surface area (Å²) >= 11 is 0.750. The number of rotatable bonds is 8.